The highest BCUT2D eigenvalue weighted by atomic mass is 16.4. The molecule has 3 N–H and O–H groups in total. The summed E-state index contributed by atoms with van der Waals surface area (Å²) >= 11 is 0. The molecule has 0 aliphatic rings. The molecule has 0 aliphatic carbocycles. The number of H-pyrrole nitrogens is 1. The second-order valence-electron chi connectivity index (χ2n) is 3.31. The highest BCUT2D eigenvalue weighted by molar-refractivity contribution is 5.88. The van der Waals surface area contributed by atoms with Gasteiger partial charge in [-0.15, -0.1) is 0 Å². The van der Waals surface area contributed by atoms with Crippen molar-refractivity contribution in [3.05, 3.63) is 52.3 Å². The Balaban J connectivity index is 2.16. The normalized spacial score (nSPS) is 9.88. The predicted octanol–water partition coefficient (Wildman–Crippen LogP) is 1.21. The van der Waals surface area contributed by atoms with E-state index >= 15 is 0 Å². The largest absolute Gasteiger partial charge is 0.478 e. The average Bonchev–Trinajstić information content (AvgIpc) is 2.33. The Kier molecular flexibility index (Phi) is 2.87. The molecule has 0 aliphatic heterocycles. The van der Waals surface area contributed by atoms with Crippen LogP contribution in [0.5, 0.6) is 0 Å². The maximum absolute atomic E-state index is 10.8. The van der Waals surface area contributed by atoms with Crippen molar-refractivity contribution < 1.29 is 9.90 Å². The van der Waals surface area contributed by atoms with Crippen molar-refractivity contribution in [1.29, 1.82) is 0 Å². The molecular formula is C11H9N3O3. The SMILES string of the molecule is O=C(O)c1ccc(Nc2ccc(=O)[nH]n2)cc1. The van der Waals surface area contributed by atoms with Gasteiger partial charge in [0.15, 0.2) is 5.82 Å². The van der Waals surface area contributed by atoms with Crippen LogP contribution in [0.1, 0.15) is 10.4 Å². The van der Waals surface area contributed by atoms with E-state index in [4.69, 9.17) is 5.11 Å². The maximum Gasteiger partial charge on any atom is 0.335 e. The number of anilines is 2. The Hall–Kier alpha value is -2.63. The molecule has 6 nitrogen and oxygen atoms in total. The van der Waals surface area contributed by atoms with Crippen LogP contribution >= 0.6 is 0 Å². The molecule has 17 heavy (non-hydrogen) atoms. The van der Waals surface area contributed by atoms with Crippen LogP contribution < -0.4 is 10.9 Å². The van der Waals surface area contributed by atoms with Crippen LogP contribution in [0.4, 0.5) is 11.5 Å². The standard InChI is InChI=1S/C11H9N3O3/c15-10-6-5-9(13-14-10)12-8-3-1-7(2-4-8)11(16)17/h1-6H,(H,12,13)(H,14,15)(H,16,17). The first-order valence-corrected chi connectivity index (χ1v) is 4.81. The number of aromatic amines is 1. The van der Waals surface area contributed by atoms with Gasteiger partial charge in [-0.25, -0.2) is 9.89 Å². The van der Waals surface area contributed by atoms with Gasteiger partial charge in [-0.2, -0.15) is 5.10 Å². The molecule has 0 unspecified atom stereocenters. The zero-order chi connectivity index (χ0) is 12.3. The predicted molar refractivity (Wildman–Crippen MR) is 61.5 cm³/mol. The van der Waals surface area contributed by atoms with E-state index in [0.717, 1.165) is 0 Å². The van der Waals surface area contributed by atoms with E-state index in [0.29, 0.717) is 11.5 Å². The van der Waals surface area contributed by atoms with Gasteiger partial charge in [0.1, 0.15) is 0 Å². The number of nitrogens with zero attached hydrogens (tertiary/aromatic N) is 1. The number of benzene rings is 1. The van der Waals surface area contributed by atoms with Crippen LogP contribution in [0.3, 0.4) is 0 Å². The van der Waals surface area contributed by atoms with Crippen LogP contribution in [0.2, 0.25) is 0 Å². The van der Waals surface area contributed by atoms with E-state index in [1.54, 1.807) is 12.1 Å². The minimum atomic E-state index is -0.973. The lowest BCUT2D eigenvalue weighted by Crippen LogP contribution is -2.07. The van der Waals surface area contributed by atoms with E-state index in [1.165, 1.54) is 24.3 Å². The molecule has 0 spiro atoms. The van der Waals surface area contributed by atoms with Gasteiger partial charge in [-0.1, -0.05) is 0 Å². The van der Waals surface area contributed by atoms with E-state index in [2.05, 4.69) is 15.5 Å². The smallest absolute Gasteiger partial charge is 0.335 e. The fourth-order valence-electron chi connectivity index (χ4n) is 1.26. The van der Waals surface area contributed by atoms with Gasteiger partial charge in [0.25, 0.3) is 5.56 Å². The molecule has 6 heteroatoms. The van der Waals surface area contributed by atoms with Gasteiger partial charge in [-0.05, 0) is 30.3 Å². The molecule has 86 valence electrons. The van der Waals surface area contributed by atoms with E-state index in [1.807, 2.05) is 0 Å². The van der Waals surface area contributed by atoms with Gasteiger partial charge >= 0.3 is 5.97 Å². The summed E-state index contributed by atoms with van der Waals surface area (Å²) in [5.74, 6) is -0.494. The van der Waals surface area contributed by atoms with Crippen LogP contribution in [-0.4, -0.2) is 21.3 Å². The summed E-state index contributed by atoms with van der Waals surface area (Å²) < 4.78 is 0. The van der Waals surface area contributed by atoms with Gasteiger partial charge in [0.2, 0.25) is 0 Å². The van der Waals surface area contributed by atoms with Crippen molar-refractivity contribution in [1.82, 2.24) is 10.2 Å². The average molecular weight is 231 g/mol. The molecule has 0 radical (unpaired) electrons. The lowest BCUT2D eigenvalue weighted by molar-refractivity contribution is 0.0697. The first-order chi connectivity index (χ1) is 8.15. The van der Waals surface area contributed by atoms with Crippen molar-refractivity contribution in [2.24, 2.45) is 0 Å². The first-order valence-electron chi connectivity index (χ1n) is 4.81. The number of hydrogen-bond acceptors (Lipinski definition) is 4. The Morgan fingerprint density at radius 3 is 2.41 bits per heavy atom. The molecule has 2 rings (SSSR count). The summed E-state index contributed by atoms with van der Waals surface area (Å²) in [6.07, 6.45) is 0. The van der Waals surface area contributed by atoms with Crippen LogP contribution in [0.25, 0.3) is 0 Å². The third kappa shape index (κ3) is 2.69. The number of aromatic carboxylic acids is 1. The van der Waals surface area contributed by atoms with Crippen LogP contribution in [0.15, 0.2) is 41.2 Å². The zero-order valence-corrected chi connectivity index (χ0v) is 8.68. The van der Waals surface area contributed by atoms with Crippen molar-refractivity contribution in [3.63, 3.8) is 0 Å². The highest BCUT2D eigenvalue weighted by Crippen LogP contribution is 2.13. The molecule has 1 aromatic carbocycles. The van der Waals surface area contributed by atoms with E-state index in [-0.39, 0.29) is 11.1 Å². The van der Waals surface area contributed by atoms with Crippen molar-refractivity contribution in [2.45, 2.75) is 0 Å². The van der Waals surface area contributed by atoms with Crippen LogP contribution in [0, 0.1) is 0 Å². The molecule has 0 bridgehead atoms. The number of carboxylic acids is 1. The van der Waals surface area contributed by atoms with Crippen molar-refractivity contribution >= 4 is 17.5 Å². The van der Waals surface area contributed by atoms with E-state index < -0.39 is 5.97 Å². The quantitative estimate of drug-likeness (QED) is 0.738. The second kappa shape index (κ2) is 4.48. The molecule has 2 aromatic rings. The number of carbonyl (C=O) groups is 1. The Bertz CT molecular complexity index is 569. The third-order valence-corrected chi connectivity index (χ3v) is 2.08. The fraction of sp³-hybridized carbons (Fsp3) is 0. The highest BCUT2D eigenvalue weighted by Gasteiger charge is 2.02. The molecule has 0 amide bonds. The van der Waals surface area contributed by atoms with Crippen molar-refractivity contribution in [2.75, 3.05) is 5.32 Å². The molecular weight excluding hydrogens is 222 g/mol. The minimum Gasteiger partial charge on any atom is -0.478 e. The molecule has 0 saturated carbocycles. The molecule has 0 fully saturated rings. The van der Waals surface area contributed by atoms with E-state index in [9.17, 15) is 9.59 Å². The Morgan fingerprint density at radius 2 is 1.88 bits per heavy atom. The number of nitrogens with one attached hydrogen (secondary N) is 2. The fourth-order valence-corrected chi connectivity index (χ4v) is 1.26. The van der Waals surface area contributed by atoms with Crippen LogP contribution in [-0.2, 0) is 0 Å². The molecule has 1 aromatic heterocycles. The third-order valence-electron chi connectivity index (χ3n) is 2.08. The summed E-state index contributed by atoms with van der Waals surface area (Å²) in [6, 6.07) is 9.09. The second-order valence-corrected chi connectivity index (χ2v) is 3.31. The molecule has 0 atom stereocenters. The van der Waals surface area contributed by atoms with Gasteiger partial charge < -0.3 is 10.4 Å². The van der Waals surface area contributed by atoms with Gasteiger partial charge in [-0.3, -0.25) is 4.79 Å². The number of hydrogen-bond donors (Lipinski definition) is 3. The number of aromatic nitrogens is 2. The summed E-state index contributed by atoms with van der Waals surface area (Å²) in [5.41, 5.74) is 0.622. The molecule has 1 heterocycles. The molecule has 0 saturated heterocycles. The maximum atomic E-state index is 10.8. The summed E-state index contributed by atoms with van der Waals surface area (Å²) in [6.45, 7) is 0. The monoisotopic (exact) mass is 231 g/mol. The summed E-state index contributed by atoms with van der Waals surface area (Å²) in [4.78, 5) is 21.4. The summed E-state index contributed by atoms with van der Waals surface area (Å²) in [5, 5.41) is 17.7. The number of carboxylic acid groups (broad SMARTS) is 1. The Morgan fingerprint density at radius 1 is 1.18 bits per heavy atom. The minimum absolute atomic E-state index is 0.213. The van der Waals surface area contributed by atoms with Crippen molar-refractivity contribution in [3.8, 4) is 0 Å². The Labute approximate surface area is 95.9 Å². The number of rotatable bonds is 3. The van der Waals surface area contributed by atoms with Gasteiger partial charge in [0, 0.05) is 11.8 Å². The lowest BCUT2D eigenvalue weighted by Gasteiger charge is -2.04. The topological polar surface area (TPSA) is 95.1 Å². The lowest BCUT2D eigenvalue weighted by atomic mass is 10.2. The zero-order valence-electron chi connectivity index (χ0n) is 8.68. The summed E-state index contributed by atoms with van der Waals surface area (Å²) in [7, 11) is 0. The first kappa shape index (κ1) is 10.9. The van der Waals surface area contributed by atoms with Gasteiger partial charge in [0.05, 0.1) is 5.56 Å².